The van der Waals surface area contributed by atoms with Crippen molar-refractivity contribution in [2.45, 2.75) is 34.6 Å². The van der Waals surface area contributed by atoms with E-state index in [2.05, 4.69) is 166 Å². The molecule has 45 heavy (non-hydrogen) atoms. The molecule has 0 saturated heterocycles. The third kappa shape index (κ3) is 4.35. The van der Waals surface area contributed by atoms with Crippen molar-refractivity contribution in [2.75, 3.05) is 9.80 Å². The zero-order chi connectivity index (χ0) is 30.8. The summed E-state index contributed by atoms with van der Waals surface area (Å²) in [6, 6.07) is 44.2. The molecule has 0 bridgehead atoms. The van der Waals surface area contributed by atoms with E-state index in [1.165, 1.54) is 50.0 Å². The second-order valence-corrected chi connectivity index (χ2v) is 12.5. The van der Waals surface area contributed by atoms with Gasteiger partial charge in [-0.25, -0.2) is 0 Å². The lowest BCUT2D eigenvalue weighted by atomic mass is 9.34. The van der Waals surface area contributed by atoms with Gasteiger partial charge in [0.15, 0.2) is 0 Å². The molecule has 0 atom stereocenters. The van der Waals surface area contributed by atoms with Gasteiger partial charge in [-0.1, -0.05) is 60.7 Å². The van der Waals surface area contributed by atoms with Crippen LogP contribution in [0, 0.1) is 34.6 Å². The van der Waals surface area contributed by atoms with Crippen LogP contribution in [-0.2, 0) is 0 Å². The Labute approximate surface area is 266 Å². The Morgan fingerprint density at radius 2 is 1.11 bits per heavy atom. The van der Waals surface area contributed by atoms with Crippen LogP contribution in [0.4, 0.5) is 34.1 Å². The van der Waals surface area contributed by atoms with E-state index in [1.807, 2.05) is 0 Å². The molecular formula is C41H35BN2O. The van der Waals surface area contributed by atoms with Crippen LogP contribution in [0.3, 0.4) is 0 Å². The van der Waals surface area contributed by atoms with Gasteiger partial charge in [0, 0.05) is 40.2 Å². The number of hydrogen-bond acceptors (Lipinski definition) is 3. The van der Waals surface area contributed by atoms with Crippen molar-refractivity contribution < 1.29 is 4.74 Å². The van der Waals surface area contributed by atoms with Gasteiger partial charge in [-0.05, 0) is 133 Å². The van der Waals surface area contributed by atoms with Crippen molar-refractivity contribution in [3.8, 4) is 11.5 Å². The van der Waals surface area contributed by atoms with Crippen LogP contribution in [0.5, 0.6) is 11.5 Å². The van der Waals surface area contributed by atoms with Gasteiger partial charge >= 0.3 is 0 Å². The van der Waals surface area contributed by atoms with Gasteiger partial charge in [-0.2, -0.15) is 0 Å². The Balaban J connectivity index is 1.32. The second-order valence-electron chi connectivity index (χ2n) is 12.5. The molecule has 0 saturated carbocycles. The summed E-state index contributed by atoms with van der Waals surface area (Å²) in [5.74, 6) is 1.87. The maximum absolute atomic E-state index is 6.95. The lowest BCUT2D eigenvalue weighted by Crippen LogP contribution is -2.59. The average Bonchev–Trinajstić information content (AvgIpc) is 3.06. The van der Waals surface area contributed by atoms with E-state index in [0.29, 0.717) is 0 Å². The third-order valence-corrected chi connectivity index (χ3v) is 9.68. The van der Waals surface area contributed by atoms with Crippen LogP contribution < -0.4 is 30.9 Å². The standard InChI is InChI=1S/C41H35BN2O/c1-26-15-18-32(23-29(26)4)43(33-19-16-27(2)30(5)24-33)34-20-21-36-39(25-34)45-41-28(3)17-22-38-40(41)42(36)35-13-9-10-14-37(35)44(38)31-11-7-6-8-12-31/h6-25H,1-5H3. The molecule has 0 unspecified atom stereocenters. The molecular weight excluding hydrogens is 547 g/mol. The van der Waals surface area contributed by atoms with E-state index in [9.17, 15) is 0 Å². The third-order valence-electron chi connectivity index (χ3n) is 9.68. The monoisotopic (exact) mass is 582 g/mol. The summed E-state index contributed by atoms with van der Waals surface area (Å²) in [7, 11) is 0. The van der Waals surface area contributed by atoms with E-state index in [0.717, 1.165) is 39.8 Å². The average molecular weight is 583 g/mol. The molecule has 0 aromatic heterocycles. The predicted molar refractivity (Wildman–Crippen MR) is 191 cm³/mol. The Kier molecular flexibility index (Phi) is 6.35. The van der Waals surface area contributed by atoms with E-state index < -0.39 is 0 Å². The van der Waals surface area contributed by atoms with E-state index in [1.54, 1.807) is 0 Å². The number of anilines is 6. The van der Waals surface area contributed by atoms with Crippen molar-refractivity contribution in [1.29, 1.82) is 0 Å². The van der Waals surface area contributed by atoms with Crippen LogP contribution in [0.25, 0.3) is 0 Å². The number of fused-ring (bicyclic) bond motifs is 4. The first-order valence-electron chi connectivity index (χ1n) is 15.7. The van der Waals surface area contributed by atoms with Crippen LogP contribution >= 0.6 is 0 Å². The minimum absolute atomic E-state index is 0.0700. The fourth-order valence-corrected chi connectivity index (χ4v) is 6.98. The SMILES string of the molecule is Cc1ccc(N(c2ccc(C)c(C)c2)c2ccc3c(c2)Oc2c(C)ccc4c2B3c2ccccc2N4c2ccccc2)cc1C. The summed E-state index contributed by atoms with van der Waals surface area (Å²) in [4.78, 5) is 4.74. The molecule has 0 radical (unpaired) electrons. The minimum atomic E-state index is 0.0700. The maximum Gasteiger partial charge on any atom is 0.256 e. The summed E-state index contributed by atoms with van der Waals surface area (Å²) in [6.45, 7) is 10.9. The molecule has 0 amide bonds. The summed E-state index contributed by atoms with van der Waals surface area (Å²) < 4.78 is 6.95. The number of nitrogens with zero attached hydrogens (tertiary/aromatic N) is 2. The van der Waals surface area contributed by atoms with Gasteiger partial charge in [0.1, 0.15) is 11.5 Å². The summed E-state index contributed by atoms with van der Waals surface area (Å²) >= 11 is 0. The van der Waals surface area contributed by atoms with Crippen molar-refractivity contribution >= 4 is 57.2 Å². The van der Waals surface area contributed by atoms with Gasteiger partial charge in [-0.3, -0.25) is 0 Å². The highest BCUT2D eigenvalue weighted by atomic mass is 16.5. The smallest absolute Gasteiger partial charge is 0.256 e. The largest absolute Gasteiger partial charge is 0.458 e. The number of para-hydroxylation sites is 2. The molecule has 2 heterocycles. The molecule has 8 rings (SSSR count). The van der Waals surface area contributed by atoms with Gasteiger partial charge in [0.05, 0.1) is 0 Å². The summed E-state index contributed by atoms with van der Waals surface area (Å²) in [5.41, 5.74) is 16.9. The zero-order valence-electron chi connectivity index (χ0n) is 26.4. The number of ether oxygens (including phenoxy) is 1. The molecule has 6 aromatic rings. The van der Waals surface area contributed by atoms with Crippen molar-refractivity contribution in [3.05, 3.63) is 149 Å². The first-order chi connectivity index (χ1) is 21.9. The number of benzene rings is 6. The normalized spacial score (nSPS) is 12.6. The van der Waals surface area contributed by atoms with Crippen LogP contribution in [-0.4, -0.2) is 6.71 Å². The van der Waals surface area contributed by atoms with Gasteiger partial charge < -0.3 is 14.5 Å². The number of aryl methyl sites for hydroxylation is 5. The quantitative estimate of drug-likeness (QED) is 0.193. The molecule has 2 aliphatic heterocycles. The molecule has 3 nitrogen and oxygen atoms in total. The van der Waals surface area contributed by atoms with Crippen LogP contribution in [0.2, 0.25) is 0 Å². The molecule has 0 N–H and O–H groups in total. The van der Waals surface area contributed by atoms with Gasteiger partial charge in [-0.15, -0.1) is 0 Å². The minimum Gasteiger partial charge on any atom is -0.458 e. The molecule has 4 heteroatoms. The van der Waals surface area contributed by atoms with E-state index in [4.69, 9.17) is 4.74 Å². The summed E-state index contributed by atoms with van der Waals surface area (Å²) in [6.07, 6.45) is 0. The number of hydrogen-bond donors (Lipinski definition) is 0. The molecule has 218 valence electrons. The Morgan fingerprint density at radius 3 is 1.80 bits per heavy atom. The fraction of sp³-hybridized carbons (Fsp3) is 0.122. The first-order valence-corrected chi connectivity index (χ1v) is 15.7. The highest BCUT2D eigenvalue weighted by molar-refractivity contribution is 6.99. The predicted octanol–water partition coefficient (Wildman–Crippen LogP) is 9.10. The van der Waals surface area contributed by atoms with Gasteiger partial charge in [0.25, 0.3) is 6.71 Å². The Morgan fingerprint density at radius 1 is 0.511 bits per heavy atom. The fourth-order valence-electron chi connectivity index (χ4n) is 6.98. The Bertz CT molecular complexity index is 2070. The molecule has 2 aliphatic rings. The molecule has 0 aliphatic carbocycles. The second kappa shape index (κ2) is 10.5. The van der Waals surface area contributed by atoms with Crippen molar-refractivity contribution in [3.63, 3.8) is 0 Å². The molecule has 0 fully saturated rings. The lowest BCUT2D eigenvalue weighted by Gasteiger charge is -2.40. The van der Waals surface area contributed by atoms with Crippen molar-refractivity contribution in [2.24, 2.45) is 0 Å². The number of rotatable bonds is 4. The Hall–Kier alpha value is -5.22. The zero-order valence-corrected chi connectivity index (χ0v) is 26.4. The van der Waals surface area contributed by atoms with Crippen LogP contribution in [0.1, 0.15) is 27.8 Å². The van der Waals surface area contributed by atoms with Crippen molar-refractivity contribution in [1.82, 2.24) is 0 Å². The maximum atomic E-state index is 6.95. The topological polar surface area (TPSA) is 15.7 Å². The molecule has 6 aromatic carbocycles. The highest BCUT2D eigenvalue weighted by Crippen LogP contribution is 2.43. The van der Waals surface area contributed by atoms with Gasteiger partial charge in [0.2, 0.25) is 0 Å². The summed E-state index contributed by atoms with van der Waals surface area (Å²) in [5, 5.41) is 0. The highest BCUT2D eigenvalue weighted by Gasteiger charge is 2.42. The lowest BCUT2D eigenvalue weighted by molar-refractivity contribution is 0.484. The van der Waals surface area contributed by atoms with E-state index >= 15 is 0 Å². The van der Waals surface area contributed by atoms with E-state index in [-0.39, 0.29) is 6.71 Å². The first kappa shape index (κ1) is 27.3. The molecule has 0 spiro atoms. The van der Waals surface area contributed by atoms with Crippen LogP contribution in [0.15, 0.2) is 121 Å².